The zero-order chi connectivity index (χ0) is 28.7. The molecule has 4 aromatic rings. The number of hydrogen-bond acceptors (Lipinski definition) is 6. The van der Waals surface area contributed by atoms with Gasteiger partial charge in [0.05, 0.1) is 22.7 Å². The summed E-state index contributed by atoms with van der Waals surface area (Å²) < 4.78 is 6.38. The number of allylic oxidation sites excluding steroid dienone is 1. The van der Waals surface area contributed by atoms with E-state index in [1.165, 1.54) is 12.1 Å². The Morgan fingerprint density at radius 1 is 0.976 bits per heavy atom. The molecule has 6 rings (SSSR count). The molecule has 1 aliphatic heterocycles. The molecular weight excluding hydrogens is 518 g/mol. The summed E-state index contributed by atoms with van der Waals surface area (Å²) in [7, 11) is 0. The molecule has 0 spiro atoms. The third kappa shape index (κ3) is 5.04. The van der Waals surface area contributed by atoms with Crippen molar-refractivity contribution >= 4 is 28.8 Å². The summed E-state index contributed by atoms with van der Waals surface area (Å²) in [5.41, 5.74) is 3.96. The van der Waals surface area contributed by atoms with Gasteiger partial charge in [0.25, 0.3) is 5.69 Å². The monoisotopic (exact) mass is 547 g/mol. The lowest BCUT2D eigenvalue weighted by Gasteiger charge is -2.36. The van der Waals surface area contributed by atoms with Gasteiger partial charge >= 0.3 is 0 Å². The van der Waals surface area contributed by atoms with Crippen LogP contribution in [0.3, 0.4) is 0 Å². The topological polar surface area (TPSA) is 106 Å². The van der Waals surface area contributed by atoms with E-state index in [1.807, 2.05) is 54.6 Å². The number of benzene rings is 3. The number of anilines is 2. The van der Waals surface area contributed by atoms with E-state index in [0.717, 1.165) is 16.9 Å². The zero-order valence-electron chi connectivity index (χ0n) is 22.8. The number of ketones is 1. The van der Waals surface area contributed by atoms with E-state index in [-0.39, 0.29) is 29.2 Å². The number of nitro groups is 1. The summed E-state index contributed by atoms with van der Waals surface area (Å²) in [6.07, 6.45) is 1.12. The van der Waals surface area contributed by atoms with Crippen LogP contribution in [0.1, 0.15) is 44.1 Å². The second-order valence-corrected chi connectivity index (χ2v) is 11.3. The predicted octanol–water partition coefficient (Wildman–Crippen LogP) is 7.24. The van der Waals surface area contributed by atoms with Crippen LogP contribution in [0.25, 0.3) is 11.3 Å². The van der Waals surface area contributed by atoms with E-state index in [4.69, 9.17) is 4.42 Å². The van der Waals surface area contributed by atoms with Gasteiger partial charge in [-0.25, -0.2) is 0 Å². The van der Waals surface area contributed by atoms with Crippen LogP contribution in [-0.4, -0.2) is 16.6 Å². The number of carbonyl (C=O) groups excluding carboxylic acids is 2. The molecule has 206 valence electrons. The molecule has 2 aliphatic rings. The minimum absolute atomic E-state index is 0.0186. The molecule has 1 aliphatic carbocycles. The maximum atomic E-state index is 14.2. The first-order valence-corrected chi connectivity index (χ1v) is 13.5. The number of amides is 1. The Hall–Kier alpha value is -4.98. The van der Waals surface area contributed by atoms with Crippen molar-refractivity contribution < 1.29 is 18.9 Å². The third-order valence-electron chi connectivity index (χ3n) is 7.63. The van der Waals surface area contributed by atoms with Gasteiger partial charge in [0.2, 0.25) is 5.91 Å². The maximum Gasteiger partial charge on any atom is 0.269 e. The van der Waals surface area contributed by atoms with Gasteiger partial charge in [0, 0.05) is 35.4 Å². The standard InChI is InChI=1S/C33H29N3O5/c1-33(2)19-25-31(27(37)20-33)32(29-17-16-28(41-29)22-12-14-23(15-13-22)36(39)40)35(26-11-7-6-10-24(26)34-25)30(38)18-21-8-4-3-5-9-21/h3-17,32,34H,18-20H2,1-2H3/t32-/m0/s1. The van der Waals surface area contributed by atoms with Gasteiger partial charge in [-0.1, -0.05) is 56.3 Å². The molecule has 1 N–H and O–H groups in total. The number of non-ortho nitro benzene ring substituents is 1. The Labute approximate surface area is 237 Å². The Morgan fingerprint density at radius 3 is 2.41 bits per heavy atom. The number of fused-ring (bicyclic) bond motifs is 1. The highest BCUT2D eigenvalue weighted by atomic mass is 16.6. The number of Topliss-reactive ketones (excluding diaryl/α,β-unsaturated/α-hetero) is 1. The number of nitrogens with zero attached hydrogens (tertiary/aromatic N) is 2. The maximum absolute atomic E-state index is 14.2. The lowest BCUT2D eigenvalue weighted by Crippen LogP contribution is -2.40. The highest BCUT2D eigenvalue weighted by Crippen LogP contribution is 2.49. The normalized spacial score (nSPS) is 17.8. The van der Waals surface area contributed by atoms with Crippen LogP contribution in [0.4, 0.5) is 17.1 Å². The van der Waals surface area contributed by atoms with Crippen molar-refractivity contribution in [1.82, 2.24) is 0 Å². The SMILES string of the molecule is CC1(C)CC(=O)C2=C(C1)Nc1ccccc1N(C(=O)Cc1ccccc1)[C@H]2c1ccc(-c2ccc([N+](=O)[O-])cc2)o1. The Morgan fingerprint density at radius 2 is 1.68 bits per heavy atom. The van der Waals surface area contributed by atoms with Gasteiger partial charge in [0.15, 0.2) is 5.78 Å². The fourth-order valence-corrected chi connectivity index (χ4v) is 5.79. The van der Waals surface area contributed by atoms with E-state index in [1.54, 1.807) is 29.2 Å². The van der Waals surface area contributed by atoms with E-state index in [2.05, 4.69) is 19.2 Å². The quantitative estimate of drug-likeness (QED) is 0.209. The van der Waals surface area contributed by atoms with Crippen molar-refractivity contribution in [1.29, 1.82) is 0 Å². The van der Waals surface area contributed by atoms with Crippen LogP contribution in [0, 0.1) is 15.5 Å². The molecule has 1 aromatic heterocycles. The Balaban J connectivity index is 1.51. The van der Waals surface area contributed by atoms with Crippen molar-refractivity contribution in [2.24, 2.45) is 5.41 Å². The molecular formula is C33H29N3O5. The number of hydrogen-bond donors (Lipinski definition) is 1. The van der Waals surface area contributed by atoms with Crippen LogP contribution in [0.15, 0.2) is 107 Å². The van der Waals surface area contributed by atoms with Crippen LogP contribution in [0.5, 0.6) is 0 Å². The molecule has 0 bridgehead atoms. The summed E-state index contributed by atoms with van der Waals surface area (Å²) in [6.45, 7) is 4.14. The second-order valence-electron chi connectivity index (χ2n) is 11.3. The summed E-state index contributed by atoms with van der Waals surface area (Å²) in [5.74, 6) is 0.725. The molecule has 1 atom stereocenters. The number of nitrogens with one attached hydrogen (secondary N) is 1. The summed E-state index contributed by atoms with van der Waals surface area (Å²) in [4.78, 5) is 40.5. The molecule has 8 nitrogen and oxygen atoms in total. The van der Waals surface area contributed by atoms with Crippen LogP contribution < -0.4 is 10.2 Å². The average molecular weight is 548 g/mol. The molecule has 41 heavy (non-hydrogen) atoms. The molecule has 3 aromatic carbocycles. The highest BCUT2D eigenvalue weighted by molar-refractivity contribution is 6.06. The fourth-order valence-electron chi connectivity index (χ4n) is 5.79. The number of carbonyl (C=O) groups is 2. The molecule has 0 saturated carbocycles. The predicted molar refractivity (Wildman–Crippen MR) is 156 cm³/mol. The van der Waals surface area contributed by atoms with Gasteiger partial charge in [-0.15, -0.1) is 0 Å². The Kier molecular flexibility index (Phi) is 6.53. The first-order valence-electron chi connectivity index (χ1n) is 13.5. The van der Waals surface area contributed by atoms with Crippen molar-refractivity contribution in [2.75, 3.05) is 10.2 Å². The van der Waals surface area contributed by atoms with Gasteiger partial charge < -0.3 is 9.73 Å². The molecule has 2 heterocycles. The van der Waals surface area contributed by atoms with Gasteiger partial charge in [0.1, 0.15) is 17.6 Å². The average Bonchev–Trinajstić information content (AvgIpc) is 3.37. The van der Waals surface area contributed by atoms with E-state index in [9.17, 15) is 19.7 Å². The number of furan rings is 1. The van der Waals surface area contributed by atoms with Crippen molar-refractivity contribution in [2.45, 2.75) is 39.2 Å². The third-order valence-corrected chi connectivity index (χ3v) is 7.63. The largest absolute Gasteiger partial charge is 0.459 e. The van der Waals surface area contributed by atoms with Gasteiger partial charge in [-0.2, -0.15) is 0 Å². The van der Waals surface area contributed by atoms with Crippen molar-refractivity contribution in [3.63, 3.8) is 0 Å². The molecule has 0 fully saturated rings. The van der Waals surface area contributed by atoms with Crippen molar-refractivity contribution in [3.05, 3.63) is 124 Å². The van der Waals surface area contributed by atoms with Gasteiger partial charge in [-0.05, 0) is 53.8 Å². The lowest BCUT2D eigenvalue weighted by molar-refractivity contribution is -0.384. The summed E-state index contributed by atoms with van der Waals surface area (Å²) in [5, 5.41) is 14.6. The molecule has 1 amide bonds. The van der Waals surface area contributed by atoms with Crippen LogP contribution in [0.2, 0.25) is 0 Å². The van der Waals surface area contributed by atoms with E-state index in [0.29, 0.717) is 41.2 Å². The summed E-state index contributed by atoms with van der Waals surface area (Å²) >= 11 is 0. The fraction of sp³-hybridized carbons (Fsp3) is 0.212. The van der Waals surface area contributed by atoms with Crippen molar-refractivity contribution in [3.8, 4) is 11.3 Å². The minimum Gasteiger partial charge on any atom is -0.459 e. The minimum atomic E-state index is -0.798. The number of para-hydroxylation sites is 2. The first kappa shape index (κ1) is 26.3. The molecule has 0 unspecified atom stereocenters. The first-order chi connectivity index (χ1) is 19.7. The second kappa shape index (κ2) is 10.2. The zero-order valence-corrected chi connectivity index (χ0v) is 22.8. The lowest BCUT2D eigenvalue weighted by atomic mass is 9.74. The highest BCUT2D eigenvalue weighted by Gasteiger charge is 2.44. The Bertz CT molecular complexity index is 1690. The number of nitro benzene ring substituents is 1. The van der Waals surface area contributed by atoms with Crippen LogP contribution >= 0.6 is 0 Å². The van der Waals surface area contributed by atoms with Gasteiger partial charge in [-0.3, -0.25) is 24.6 Å². The number of rotatable bonds is 5. The molecule has 0 radical (unpaired) electrons. The molecule has 0 saturated heterocycles. The summed E-state index contributed by atoms with van der Waals surface area (Å²) in [6, 6.07) is 26.0. The molecule has 8 heteroatoms. The smallest absolute Gasteiger partial charge is 0.269 e. The van der Waals surface area contributed by atoms with Crippen LogP contribution in [-0.2, 0) is 16.0 Å². The van der Waals surface area contributed by atoms with E-state index < -0.39 is 11.0 Å². The van der Waals surface area contributed by atoms with E-state index >= 15 is 0 Å².